The van der Waals surface area contributed by atoms with Crippen molar-refractivity contribution in [1.29, 1.82) is 0 Å². The summed E-state index contributed by atoms with van der Waals surface area (Å²) in [6.07, 6.45) is 6.89. The van der Waals surface area contributed by atoms with Crippen molar-refractivity contribution in [1.82, 2.24) is 4.90 Å². The van der Waals surface area contributed by atoms with Gasteiger partial charge in [0, 0.05) is 13.0 Å². The predicted octanol–water partition coefficient (Wildman–Crippen LogP) is 1.96. The summed E-state index contributed by atoms with van der Waals surface area (Å²) in [6, 6.07) is 0.172. The molecular weight excluding hydrogens is 150 g/mol. The number of carbonyl (C=O) groups is 1. The van der Waals surface area contributed by atoms with Crippen molar-refractivity contribution in [3.8, 4) is 0 Å². The smallest absolute Gasteiger partial charge is 0.154 e. The second-order valence-corrected chi connectivity index (χ2v) is 3.20. The fourth-order valence-electron chi connectivity index (χ4n) is 1.74. The minimum absolute atomic E-state index is 0.172. The molecular formula is C10H17NO. The third-order valence-electron chi connectivity index (χ3n) is 2.35. The highest BCUT2D eigenvalue weighted by Gasteiger charge is 2.26. The van der Waals surface area contributed by atoms with Crippen molar-refractivity contribution in [2.45, 2.75) is 39.2 Å². The number of nitrogens with zero attached hydrogens (tertiary/aromatic N) is 1. The SMILES string of the molecule is C/C=C/N1CCC[C@@H]1C(=O)CC. The predicted molar refractivity (Wildman–Crippen MR) is 49.8 cm³/mol. The van der Waals surface area contributed by atoms with E-state index in [9.17, 15) is 4.79 Å². The molecule has 0 N–H and O–H groups in total. The molecule has 68 valence electrons. The maximum absolute atomic E-state index is 11.4. The standard InChI is InChI=1S/C10H17NO/c1-3-7-11-8-5-6-9(11)10(12)4-2/h3,7,9H,4-6,8H2,1-2H3/b7-3+/t9-/m1/s1. The van der Waals surface area contributed by atoms with Crippen LogP contribution in [0.5, 0.6) is 0 Å². The largest absolute Gasteiger partial charge is 0.368 e. The zero-order valence-corrected chi connectivity index (χ0v) is 7.92. The van der Waals surface area contributed by atoms with Crippen LogP contribution < -0.4 is 0 Å². The maximum atomic E-state index is 11.4. The number of Topliss-reactive ketones (excluding diaryl/α,β-unsaturated/α-hetero) is 1. The molecule has 0 aromatic carbocycles. The molecule has 12 heavy (non-hydrogen) atoms. The monoisotopic (exact) mass is 167 g/mol. The van der Waals surface area contributed by atoms with E-state index >= 15 is 0 Å². The highest BCUT2D eigenvalue weighted by molar-refractivity contribution is 5.84. The van der Waals surface area contributed by atoms with E-state index in [1.807, 2.05) is 26.1 Å². The number of hydrogen-bond acceptors (Lipinski definition) is 2. The van der Waals surface area contributed by atoms with Gasteiger partial charge in [-0.15, -0.1) is 0 Å². The number of allylic oxidation sites excluding steroid dienone is 1. The van der Waals surface area contributed by atoms with E-state index in [0.29, 0.717) is 12.2 Å². The van der Waals surface area contributed by atoms with Gasteiger partial charge in [0.05, 0.1) is 6.04 Å². The lowest BCUT2D eigenvalue weighted by atomic mass is 10.1. The summed E-state index contributed by atoms with van der Waals surface area (Å²) < 4.78 is 0. The van der Waals surface area contributed by atoms with Crippen LogP contribution in [-0.2, 0) is 4.79 Å². The second kappa shape index (κ2) is 4.29. The molecule has 0 saturated carbocycles. The third kappa shape index (κ3) is 1.87. The fraction of sp³-hybridized carbons (Fsp3) is 0.700. The normalized spacial score (nSPS) is 23.8. The molecule has 0 aromatic heterocycles. The van der Waals surface area contributed by atoms with Gasteiger partial charge in [0.25, 0.3) is 0 Å². The maximum Gasteiger partial charge on any atom is 0.154 e. The molecule has 0 amide bonds. The van der Waals surface area contributed by atoms with Gasteiger partial charge in [-0.3, -0.25) is 4.79 Å². The van der Waals surface area contributed by atoms with Crippen LogP contribution in [-0.4, -0.2) is 23.3 Å². The van der Waals surface area contributed by atoms with E-state index in [1.54, 1.807) is 0 Å². The van der Waals surface area contributed by atoms with Gasteiger partial charge < -0.3 is 4.90 Å². The first-order valence-electron chi connectivity index (χ1n) is 4.71. The first kappa shape index (κ1) is 9.30. The Labute approximate surface area is 74.2 Å². The molecule has 1 aliphatic heterocycles. The summed E-state index contributed by atoms with van der Waals surface area (Å²) in [5.41, 5.74) is 0. The molecule has 2 nitrogen and oxygen atoms in total. The molecule has 1 heterocycles. The number of likely N-dealkylation sites (tertiary alicyclic amines) is 1. The average molecular weight is 167 g/mol. The van der Waals surface area contributed by atoms with E-state index in [1.165, 1.54) is 0 Å². The van der Waals surface area contributed by atoms with Crippen LogP contribution in [0.4, 0.5) is 0 Å². The Bertz CT molecular complexity index is 186. The van der Waals surface area contributed by atoms with Crippen LogP contribution in [0, 0.1) is 0 Å². The molecule has 1 saturated heterocycles. The van der Waals surface area contributed by atoms with Gasteiger partial charge in [0.2, 0.25) is 0 Å². The van der Waals surface area contributed by atoms with Crippen LogP contribution in [0.15, 0.2) is 12.3 Å². The van der Waals surface area contributed by atoms with Crippen molar-refractivity contribution in [2.75, 3.05) is 6.54 Å². The Balaban J connectivity index is 2.57. The molecule has 0 spiro atoms. The molecule has 2 heteroatoms. The Hall–Kier alpha value is -0.790. The Kier molecular flexibility index (Phi) is 3.32. The second-order valence-electron chi connectivity index (χ2n) is 3.20. The van der Waals surface area contributed by atoms with E-state index < -0.39 is 0 Å². The number of ketones is 1. The molecule has 1 atom stereocenters. The van der Waals surface area contributed by atoms with Crippen LogP contribution in [0.3, 0.4) is 0 Å². The Morgan fingerprint density at radius 2 is 2.42 bits per heavy atom. The summed E-state index contributed by atoms with van der Waals surface area (Å²) in [7, 11) is 0. The molecule has 1 aliphatic rings. The number of rotatable bonds is 3. The van der Waals surface area contributed by atoms with E-state index in [2.05, 4.69) is 4.90 Å². The van der Waals surface area contributed by atoms with Crippen molar-refractivity contribution >= 4 is 5.78 Å². The summed E-state index contributed by atoms with van der Waals surface area (Å²) in [5, 5.41) is 0. The zero-order chi connectivity index (χ0) is 8.97. The molecule has 0 unspecified atom stereocenters. The van der Waals surface area contributed by atoms with Crippen molar-refractivity contribution < 1.29 is 4.79 Å². The minimum atomic E-state index is 0.172. The average Bonchev–Trinajstić information content (AvgIpc) is 2.52. The van der Waals surface area contributed by atoms with Gasteiger partial charge in [-0.2, -0.15) is 0 Å². The summed E-state index contributed by atoms with van der Waals surface area (Å²) >= 11 is 0. The van der Waals surface area contributed by atoms with E-state index in [-0.39, 0.29) is 6.04 Å². The van der Waals surface area contributed by atoms with Gasteiger partial charge in [0.15, 0.2) is 5.78 Å². The number of hydrogen-bond donors (Lipinski definition) is 0. The van der Waals surface area contributed by atoms with Crippen LogP contribution in [0.1, 0.15) is 33.1 Å². The van der Waals surface area contributed by atoms with Gasteiger partial charge in [-0.1, -0.05) is 13.0 Å². The first-order chi connectivity index (χ1) is 5.79. The topological polar surface area (TPSA) is 20.3 Å². The Morgan fingerprint density at radius 3 is 3.00 bits per heavy atom. The van der Waals surface area contributed by atoms with Crippen molar-refractivity contribution in [3.63, 3.8) is 0 Å². The lowest BCUT2D eigenvalue weighted by Gasteiger charge is -2.20. The number of carbonyl (C=O) groups excluding carboxylic acids is 1. The molecule has 1 rings (SSSR count). The van der Waals surface area contributed by atoms with Crippen molar-refractivity contribution in [2.24, 2.45) is 0 Å². The third-order valence-corrected chi connectivity index (χ3v) is 2.35. The van der Waals surface area contributed by atoms with E-state index in [0.717, 1.165) is 19.4 Å². The van der Waals surface area contributed by atoms with Crippen molar-refractivity contribution in [3.05, 3.63) is 12.3 Å². The molecule has 0 aliphatic carbocycles. The molecule has 0 aromatic rings. The van der Waals surface area contributed by atoms with Crippen LogP contribution in [0.25, 0.3) is 0 Å². The lowest BCUT2D eigenvalue weighted by Crippen LogP contribution is -2.31. The van der Waals surface area contributed by atoms with Crippen LogP contribution in [0.2, 0.25) is 0 Å². The van der Waals surface area contributed by atoms with Gasteiger partial charge in [-0.25, -0.2) is 0 Å². The fourth-order valence-corrected chi connectivity index (χ4v) is 1.74. The lowest BCUT2D eigenvalue weighted by molar-refractivity contribution is -0.122. The van der Waals surface area contributed by atoms with Crippen LogP contribution >= 0.6 is 0 Å². The summed E-state index contributed by atoms with van der Waals surface area (Å²) in [5.74, 6) is 0.380. The molecule has 0 bridgehead atoms. The summed E-state index contributed by atoms with van der Waals surface area (Å²) in [4.78, 5) is 13.6. The van der Waals surface area contributed by atoms with Gasteiger partial charge in [-0.05, 0) is 26.0 Å². The Morgan fingerprint density at radius 1 is 1.67 bits per heavy atom. The molecule has 1 fully saturated rings. The van der Waals surface area contributed by atoms with E-state index in [4.69, 9.17) is 0 Å². The van der Waals surface area contributed by atoms with Gasteiger partial charge in [0.1, 0.15) is 0 Å². The minimum Gasteiger partial charge on any atom is -0.368 e. The molecule has 0 radical (unpaired) electrons. The highest BCUT2D eigenvalue weighted by Crippen LogP contribution is 2.19. The van der Waals surface area contributed by atoms with Gasteiger partial charge >= 0.3 is 0 Å². The highest BCUT2D eigenvalue weighted by atomic mass is 16.1. The summed E-state index contributed by atoms with van der Waals surface area (Å²) in [6.45, 7) is 4.97. The first-order valence-corrected chi connectivity index (χ1v) is 4.71. The quantitative estimate of drug-likeness (QED) is 0.640. The zero-order valence-electron chi connectivity index (χ0n) is 7.92.